The Morgan fingerprint density at radius 1 is 1.14 bits per heavy atom. The monoisotopic (exact) mass is 503 g/mol. The number of nitro benzene ring substituents is 1. The van der Waals surface area contributed by atoms with E-state index in [0.717, 1.165) is 0 Å². The van der Waals surface area contributed by atoms with E-state index in [1.54, 1.807) is 47.8 Å². The third kappa shape index (κ3) is 4.40. The summed E-state index contributed by atoms with van der Waals surface area (Å²) in [7, 11) is 0. The van der Waals surface area contributed by atoms with Crippen LogP contribution >= 0.6 is 11.3 Å². The molecule has 3 aromatic carbocycles. The first-order valence-electron chi connectivity index (χ1n) is 10.5. The Hall–Kier alpha value is -4.97. The lowest BCUT2D eigenvalue weighted by Gasteiger charge is -2.18. The van der Waals surface area contributed by atoms with Crippen molar-refractivity contribution in [3.05, 3.63) is 86.5 Å². The third-order valence-corrected chi connectivity index (χ3v) is 6.06. The predicted octanol–water partition coefficient (Wildman–Crippen LogP) is 3.98. The van der Waals surface area contributed by atoms with Crippen LogP contribution < -0.4 is 14.9 Å². The van der Waals surface area contributed by atoms with Crippen LogP contribution in [0.1, 0.15) is 5.56 Å². The van der Waals surface area contributed by atoms with Gasteiger partial charge in [0, 0.05) is 22.6 Å². The molecular weight excluding hydrogens is 486 g/mol. The average molecular weight is 503 g/mol. The minimum Gasteiger partial charge on any atom is -0.504 e. The molecule has 1 aromatic heterocycles. The highest BCUT2D eigenvalue weighted by molar-refractivity contribution is 7.07. The van der Waals surface area contributed by atoms with Crippen molar-refractivity contribution in [1.29, 1.82) is 0 Å². The molecule has 11 nitrogen and oxygen atoms in total. The number of fused-ring (bicyclic) bond motifs is 1. The number of hydrogen-bond donors (Lipinski definition) is 3. The van der Waals surface area contributed by atoms with E-state index in [4.69, 9.17) is 4.74 Å². The number of carbonyl (C=O) groups is 1. The Morgan fingerprint density at radius 2 is 1.97 bits per heavy atom. The number of nitro groups is 1. The zero-order valence-electron chi connectivity index (χ0n) is 18.4. The highest BCUT2D eigenvalue weighted by atomic mass is 32.1. The van der Waals surface area contributed by atoms with E-state index in [1.165, 1.54) is 40.4 Å². The van der Waals surface area contributed by atoms with Gasteiger partial charge in [-0.25, -0.2) is 9.67 Å². The summed E-state index contributed by atoms with van der Waals surface area (Å²) in [5.74, 6) is -0.394. The first kappa shape index (κ1) is 22.8. The number of benzene rings is 3. The maximum absolute atomic E-state index is 11.8. The van der Waals surface area contributed by atoms with Gasteiger partial charge in [-0.2, -0.15) is 5.10 Å². The van der Waals surface area contributed by atoms with Crippen LogP contribution in [0, 0.1) is 10.1 Å². The van der Waals surface area contributed by atoms with E-state index in [1.807, 2.05) is 0 Å². The zero-order valence-corrected chi connectivity index (χ0v) is 19.2. The lowest BCUT2D eigenvalue weighted by molar-refractivity contribution is -0.384. The zero-order chi connectivity index (χ0) is 25.2. The largest absolute Gasteiger partial charge is 0.504 e. The van der Waals surface area contributed by atoms with Gasteiger partial charge in [-0.05, 0) is 36.4 Å². The standard InChI is InChI=1S/C24H17N5O6S/c30-20-7-3-4-15(23(20)32)11-25-28-19(14-8-9-21-17(10-14)26-22(31)12-35-21)13-36-24(28)27-16-5-1-2-6-18(16)29(33)34/h1-11,13,30,32H,12H2,(H,26,31). The number of nitrogens with one attached hydrogen (secondary N) is 1. The lowest BCUT2D eigenvalue weighted by Crippen LogP contribution is -2.25. The van der Waals surface area contributed by atoms with Gasteiger partial charge in [0.1, 0.15) is 11.4 Å². The quantitative estimate of drug-likeness (QED) is 0.162. The van der Waals surface area contributed by atoms with Gasteiger partial charge in [-0.15, -0.1) is 11.3 Å². The summed E-state index contributed by atoms with van der Waals surface area (Å²) >= 11 is 1.20. The highest BCUT2D eigenvalue weighted by Gasteiger charge is 2.18. The number of para-hydroxylation sites is 3. The van der Waals surface area contributed by atoms with Gasteiger partial charge in [0.25, 0.3) is 11.6 Å². The molecule has 5 rings (SSSR count). The minimum absolute atomic E-state index is 0.0681. The van der Waals surface area contributed by atoms with Crippen LogP contribution in [0.4, 0.5) is 17.1 Å². The van der Waals surface area contributed by atoms with Crippen molar-refractivity contribution in [2.24, 2.45) is 10.1 Å². The number of phenols is 2. The SMILES string of the molecule is O=C1COc2ccc(-c3csc(=Nc4ccccc4[N+](=O)[O-])n3N=Cc3cccc(O)c3O)cc2N1. The summed E-state index contributed by atoms with van der Waals surface area (Å²) in [6, 6.07) is 15.8. The van der Waals surface area contributed by atoms with E-state index in [2.05, 4.69) is 15.4 Å². The van der Waals surface area contributed by atoms with Crippen LogP contribution in [0.5, 0.6) is 17.2 Å². The van der Waals surface area contributed by atoms with Crippen LogP contribution in [0.2, 0.25) is 0 Å². The predicted molar refractivity (Wildman–Crippen MR) is 133 cm³/mol. The van der Waals surface area contributed by atoms with E-state index in [-0.39, 0.29) is 41.0 Å². The first-order chi connectivity index (χ1) is 17.4. The molecule has 3 N–H and O–H groups in total. The molecule has 1 amide bonds. The summed E-state index contributed by atoms with van der Waals surface area (Å²) in [5, 5.41) is 40.4. The molecule has 0 radical (unpaired) electrons. The van der Waals surface area contributed by atoms with Crippen molar-refractivity contribution >= 4 is 40.5 Å². The Balaban J connectivity index is 1.68. The van der Waals surface area contributed by atoms with Gasteiger partial charge in [0.05, 0.1) is 22.5 Å². The van der Waals surface area contributed by atoms with Crippen LogP contribution in [0.15, 0.2) is 76.1 Å². The number of anilines is 1. The summed E-state index contributed by atoms with van der Waals surface area (Å²) in [6.07, 6.45) is 1.34. The number of ether oxygens (including phenoxy) is 1. The number of phenolic OH excluding ortho intramolecular Hbond substituents is 2. The van der Waals surface area contributed by atoms with Crippen LogP contribution in [0.25, 0.3) is 11.3 Å². The number of aromatic nitrogens is 1. The molecule has 0 atom stereocenters. The molecule has 180 valence electrons. The van der Waals surface area contributed by atoms with E-state index in [9.17, 15) is 25.1 Å². The van der Waals surface area contributed by atoms with Gasteiger partial charge >= 0.3 is 0 Å². The van der Waals surface area contributed by atoms with Crippen molar-refractivity contribution < 1.29 is 24.7 Å². The number of thiazole rings is 1. The molecule has 0 spiro atoms. The van der Waals surface area contributed by atoms with Gasteiger partial charge < -0.3 is 20.3 Å². The Labute approximate surface area is 207 Å². The lowest BCUT2D eigenvalue weighted by atomic mass is 10.1. The molecule has 4 aromatic rings. The number of nitrogens with zero attached hydrogens (tertiary/aromatic N) is 4. The number of carbonyl (C=O) groups excluding carboxylic acids is 1. The summed E-state index contributed by atoms with van der Waals surface area (Å²) in [5.41, 5.74) is 1.96. The molecule has 0 fully saturated rings. The van der Waals surface area contributed by atoms with Crippen LogP contribution in [-0.4, -0.2) is 38.5 Å². The molecule has 0 aliphatic carbocycles. The first-order valence-corrected chi connectivity index (χ1v) is 11.4. The van der Waals surface area contributed by atoms with Gasteiger partial charge in [-0.3, -0.25) is 14.9 Å². The normalized spacial score (nSPS) is 13.3. The smallest absolute Gasteiger partial charge is 0.294 e. The maximum atomic E-state index is 11.8. The van der Waals surface area contributed by atoms with Crippen molar-refractivity contribution in [3.63, 3.8) is 0 Å². The summed E-state index contributed by atoms with van der Waals surface area (Å²) < 4.78 is 6.88. The van der Waals surface area contributed by atoms with E-state index in [0.29, 0.717) is 27.5 Å². The molecule has 0 saturated heterocycles. The topological polar surface area (TPSA) is 152 Å². The fraction of sp³-hybridized carbons (Fsp3) is 0.0417. The fourth-order valence-corrected chi connectivity index (χ4v) is 4.37. The fourth-order valence-electron chi connectivity index (χ4n) is 3.52. The maximum Gasteiger partial charge on any atom is 0.294 e. The van der Waals surface area contributed by atoms with Gasteiger partial charge in [0.2, 0.25) is 4.80 Å². The number of aromatic hydroxyl groups is 2. The third-order valence-electron chi connectivity index (χ3n) is 5.25. The molecule has 36 heavy (non-hydrogen) atoms. The molecule has 1 aliphatic rings. The molecule has 2 heterocycles. The second kappa shape index (κ2) is 9.35. The molecule has 0 unspecified atom stereocenters. The second-order valence-electron chi connectivity index (χ2n) is 7.58. The molecular formula is C24H17N5O6S. The van der Waals surface area contributed by atoms with Crippen LogP contribution in [-0.2, 0) is 4.79 Å². The number of hydrogen-bond acceptors (Lipinski definition) is 9. The van der Waals surface area contributed by atoms with Crippen molar-refractivity contribution in [1.82, 2.24) is 4.68 Å². The van der Waals surface area contributed by atoms with E-state index < -0.39 is 4.92 Å². The highest BCUT2D eigenvalue weighted by Crippen LogP contribution is 2.33. The van der Waals surface area contributed by atoms with Crippen molar-refractivity contribution in [2.45, 2.75) is 0 Å². The minimum atomic E-state index is -0.516. The Morgan fingerprint density at radius 3 is 2.81 bits per heavy atom. The Bertz CT molecular complexity index is 1610. The van der Waals surface area contributed by atoms with Crippen LogP contribution in [0.3, 0.4) is 0 Å². The van der Waals surface area contributed by atoms with Gasteiger partial charge in [0.15, 0.2) is 18.1 Å². The van der Waals surface area contributed by atoms with E-state index >= 15 is 0 Å². The molecule has 12 heteroatoms. The molecule has 0 saturated carbocycles. The van der Waals surface area contributed by atoms with Gasteiger partial charge in [-0.1, -0.05) is 18.2 Å². The molecule has 0 bridgehead atoms. The van der Waals surface area contributed by atoms with Crippen molar-refractivity contribution in [3.8, 4) is 28.5 Å². The summed E-state index contributed by atoms with van der Waals surface area (Å²) in [6.45, 7) is -0.0681. The number of rotatable bonds is 5. The second-order valence-corrected chi connectivity index (χ2v) is 8.42. The number of amides is 1. The van der Waals surface area contributed by atoms with Crippen molar-refractivity contribution in [2.75, 3.05) is 11.9 Å². The average Bonchev–Trinajstić information content (AvgIpc) is 3.27. The summed E-state index contributed by atoms with van der Waals surface area (Å²) in [4.78, 5) is 27.5. The molecule has 1 aliphatic heterocycles. The Kier molecular flexibility index (Phi) is 5.92.